The van der Waals surface area contributed by atoms with Gasteiger partial charge in [0, 0.05) is 14.3 Å². The molecule has 0 bridgehead atoms. The van der Waals surface area contributed by atoms with Gasteiger partial charge < -0.3 is 0 Å². The van der Waals surface area contributed by atoms with E-state index in [1.165, 1.54) is 3.79 Å². The SMILES string of the molecule is Brc1cc(Br)c(Br)s1.Brc1csc(Br)c1. The third kappa shape index (κ3) is 5.79. The molecule has 0 fully saturated rings. The van der Waals surface area contributed by atoms with E-state index in [2.05, 4.69) is 79.6 Å². The lowest BCUT2D eigenvalue weighted by molar-refractivity contribution is 1.82. The molecule has 0 amide bonds. The van der Waals surface area contributed by atoms with E-state index in [1.54, 1.807) is 22.7 Å². The highest BCUT2D eigenvalue weighted by molar-refractivity contribution is 9.14. The van der Waals surface area contributed by atoms with Gasteiger partial charge in [0.05, 0.1) is 11.4 Å². The van der Waals surface area contributed by atoms with Gasteiger partial charge in [-0.2, -0.15) is 0 Å². The molecule has 7 heteroatoms. The van der Waals surface area contributed by atoms with Crippen LogP contribution in [0.2, 0.25) is 0 Å². The number of halogens is 5. The van der Waals surface area contributed by atoms with Gasteiger partial charge in [-0.1, -0.05) is 0 Å². The molecule has 0 radical (unpaired) electrons. The van der Waals surface area contributed by atoms with Crippen LogP contribution in [0.3, 0.4) is 0 Å². The monoisotopic (exact) mass is 558 g/mol. The zero-order valence-corrected chi connectivity index (χ0v) is 16.5. The van der Waals surface area contributed by atoms with Gasteiger partial charge in [-0.15, -0.1) is 22.7 Å². The molecule has 0 aliphatic rings. The Balaban J connectivity index is 0.000000151. The maximum Gasteiger partial charge on any atom is 0.0852 e. The quantitative estimate of drug-likeness (QED) is 0.316. The van der Waals surface area contributed by atoms with Crippen LogP contribution < -0.4 is 0 Å². The van der Waals surface area contributed by atoms with Crippen molar-refractivity contribution in [1.82, 2.24) is 0 Å². The van der Waals surface area contributed by atoms with Crippen LogP contribution in [0, 0.1) is 0 Å². The maximum absolute atomic E-state index is 3.36. The molecule has 0 aliphatic heterocycles. The van der Waals surface area contributed by atoms with Crippen LogP contribution in [0.1, 0.15) is 0 Å². The Kier molecular flexibility index (Phi) is 7.21. The second kappa shape index (κ2) is 7.28. The van der Waals surface area contributed by atoms with E-state index in [0.717, 1.165) is 16.5 Å². The minimum absolute atomic E-state index is 1.11. The summed E-state index contributed by atoms with van der Waals surface area (Å²) in [7, 11) is 0. The van der Waals surface area contributed by atoms with Crippen LogP contribution in [0.15, 0.2) is 37.8 Å². The van der Waals surface area contributed by atoms with E-state index in [1.807, 2.05) is 17.5 Å². The predicted octanol–water partition coefficient (Wildman–Crippen LogP) is 7.31. The summed E-state index contributed by atoms with van der Waals surface area (Å²) in [6.07, 6.45) is 0. The lowest BCUT2D eigenvalue weighted by Gasteiger charge is -1.74. The first-order valence-corrected chi connectivity index (χ1v) is 9.15. The van der Waals surface area contributed by atoms with Crippen molar-refractivity contribution in [2.75, 3.05) is 0 Å². The highest BCUT2D eigenvalue weighted by Gasteiger charge is 1.98. The molecule has 0 spiro atoms. The molecule has 0 unspecified atom stereocenters. The molecule has 0 saturated carbocycles. The minimum atomic E-state index is 1.11. The van der Waals surface area contributed by atoms with E-state index in [0.29, 0.717) is 0 Å². The standard InChI is InChI=1S/C4HBr3S.C4H2Br2S/c5-2-1-3(6)8-4(2)7;5-3-1-4(6)7-2-3/h1H;1-2H. The Morgan fingerprint density at radius 3 is 1.67 bits per heavy atom. The fourth-order valence-electron chi connectivity index (χ4n) is 0.609. The first-order chi connectivity index (χ1) is 6.99. The van der Waals surface area contributed by atoms with Crippen molar-refractivity contribution in [3.8, 4) is 0 Å². The predicted molar refractivity (Wildman–Crippen MR) is 87.1 cm³/mol. The second-order valence-electron chi connectivity index (χ2n) is 2.24. The molecule has 15 heavy (non-hydrogen) atoms. The summed E-state index contributed by atoms with van der Waals surface area (Å²) < 4.78 is 5.68. The zero-order valence-electron chi connectivity index (χ0n) is 6.94. The molecule has 2 heterocycles. The largest absolute Gasteiger partial charge is 0.136 e. The van der Waals surface area contributed by atoms with Gasteiger partial charge in [-0.05, 0) is 91.8 Å². The topological polar surface area (TPSA) is 0 Å². The number of hydrogen-bond acceptors (Lipinski definition) is 2. The van der Waals surface area contributed by atoms with Gasteiger partial charge in [0.25, 0.3) is 0 Å². The van der Waals surface area contributed by atoms with Crippen LogP contribution in [-0.2, 0) is 0 Å². The van der Waals surface area contributed by atoms with Crippen molar-refractivity contribution in [3.05, 3.63) is 37.8 Å². The second-order valence-corrected chi connectivity index (χ2v) is 10.1. The number of hydrogen-bond donors (Lipinski definition) is 0. The summed E-state index contributed by atoms with van der Waals surface area (Å²) in [5, 5.41) is 2.03. The highest BCUT2D eigenvalue weighted by atomic mass is 79.9. The Morgan fingerprint density at radius 2 is 1.53 bits per heavy atom. The summed E-state index contributed by atoms with van der Waals surface area (Å²) in [4.78, 5) is 0. The van der Waals surface area contributed by atoms with E-state index >= 15 is 0 Å². The Morgan fingerprint density at radius 1 is 0.867 bits per heavy atom. The van der Waals surface area contributed by atoms with Crippen LogP contribution in [0.5, 0.6) is 0 Å². The number of rotatable bonds is 0. The Labute approximate surface area is 138 Å². The van der Waals surface area contributed by atoms with Gasteiger partial charge in [0.1, 0.15) is 0 Å². The van der Waals surface area contributed by atoms with Crippen molar-refractivity contribution in [1.29, 1.82) is 0 Å². The molecule has 0 nitrogen and oxygen atoms in total. The van der Waals surface area contributed by atoms with Crippen molar-refractivity contribution in [2.45, 2.75) is 0 Å². The first-order valence-electron chi connectivity index (χ1n) is 3.49. The zero-order chi connectivity index (χ0) is 11.4. The lowest BCUT2D eigenvalue weighted by Crippen LogP contribution is -1.45. The van der Waals surface area contributed by atoms with Crippen LogP contribution in [0.4, 0.5) is 0 Å². The summed E-state index contributed by atoms with van der Waals surface area (Å²) in [6.45, 7) is 0. The molecule has 82 valence electrons. The first kappa shape index (κ1) is 14.9. The van der Waals surface area contributed by atoms with Crippen LogP contribution >= 0.6 is 102 Å². The van der Waals surface area contributed by atoms with E-state index < -0.39 is 0 Å². The van der Waals surface area contributed by atoms with E-state index in [4.69, 9.17) is 0 Å². The van der Waals surface area contributed by atoms with Crippen LogP contribution in [0.25, 0.3) is 0 Å². The lowest BCUT2D eigenvalue weighted by atomic mass is 10.7. The van der Waals surface area contributed by atoms with Gasteiger partial charge in [0.15, 0.2) is 0 Å². The fourth-order valence-corrected chi connectivity index (χ4v) is 6.03. The molecular formula is C8H3Br5S2. The Bertz CT molecular complexity index is 398. The van der Waals surface area contributed by atoms with Crippen molar-refractivity contribution < 1.29 is 0 Å². The molecule has 0 aromatic carbocycles. The average Bonchev–Trinajstić information content (AvgIpc) is 2.61. The van der Waals surface area contributed by atoms with E-state index in [9.17, 15) is 0 Å². The van der Waals surface area contributed by atoms with Crippen LogP contribution in [-0.4, -0.2) is 0 Å². The molecule has 0 saturated heterocycles. The Hall–Kier alpha value is 1.80. The smallest absolute Gasteiger partial charge is 0.0852 e. The normalized spacial score (nSPS) is 9.67. The summed E-state index contributed by atoms with van der Waals surface area (Å²) >= 11 is 20.0. The molecule has 0 atom stereocenters. The number of thiophene rings is 2. The van der Waals surface area contributed by atoms with Gasteiger partial charge in [-0.25, -0.2) is 0 Å². The molecule has 2 rings (SSSR count). The van der Waals surface area contributed by atoms with Crippen molar-refractivity contribution in [3.63, 3.8) is 0 Å². The third-order valence-corrected chi connectivity index (χ3v) is 7.18. The van der Waals surface area contributed by atoms with Crippen molar-refractivity contribution in [2.24, 2.45) is 0 Å². The van der Waals surface area contributed by atoms with Gasteiger partial charge in [-0.3, -0.25) is 0 Å². The van der Waals surface area contributed by atoms with Gasteiger partial charge in [0.2, 0.25) is 0 Å². The molecule has 2 aromatic rings. The average molecular weight is 563 g/mol. The summed E-state index contributed by atoms with van der Waals surface area (Å²) in [5.41, 5.74) is 0. The summed E-state index contributed by atoms with van der Waals surface area (Å²) in [6, 6.07) is 4.03. The third-order valence-electron chi connectivity index (χ3n) is 1.15. The molecule has 0 aliphatic carbocycles. The highest BCUT2D eigenvalue weighted by Crippen LogP contribution is 2.35. The molecule has 0 N–H and O–H groups in total. The maximum atomic E-state index is 3.36. The van der Waals surface area contributed by atoms with Gasteiger partial charge >= 0.3 is 0 Å². The van der Waals surface area contributed by atoms with E-state index in [-0.39, 0.29) is 0 Å². The molecular weight excluding hydrogens is 560 g/mol. The fraction of sp³-hybridized carbons (Fsp3) is 0. The summed E-state index contributed by atoms with van der Waals surface area (Å²) in [5.74, 6) is 0. The molecule has 2 aromatic heterocycles. The minimum Gasteiger partial charge on any atom is -0.136 e. The van der Waals surface area contributed by atoms with Crippen molar-refractivity contribution >= 4 is 102 Å².